The second-order valence-electron chi connectivity index (χ2n) is 5.17. The fourth-order valence-corrected chi connectivity index (χ4v) is 3.10. The smallest absolute Gasteiger partial charge is 0.178 e. The molecule has 1 unspecified atom stereocenters. The maximum atomic E-state index is 9.14. The molecule has 1 saturated heterocycles. The Morgan fingerprint density at radius 2 is 2.35 bits per heavy atom. The molecule has 1 N–H and O–H groups in total. The van der Waals surface area contributed by atoms with Gasteiger partial charge in [0.25, 0.3) is 0 Å². The molecule has 2 heterocycles. The van der Waals surface area contributed by atoms with Gasteiger partial charge < -0.3 is 14.3 Å². The normalized spacial score (nSPS) is 19.1. The first-order valence-electron chi connectivity index (χ1n) is 7.03. The number of nitrogens with zero attached hydrogens (tertiary/aromatic N) is 2. The maximum Gasteiger partial charge on any atom is 0.178 e. The Kier molecular flexibility index (Phi) is 3.86. The molecule has 2 aromatic rings. The van der Waals surface area contributed by atoms with Gasteiger partial charge in [-0.25, -0.2) is 0 Å². The van der Waals surface area contributed by atoms with Crippen LogP contribution in [0.15, 0.2) is 18.2 Å². The van der Waals surface area contributed by atoms with Crippen LogP contribution < -0.4 is 0 Å². The predicted molar refractivity (Wildman–Crippen MR) is 80.0 cm³/mol. The number of fused-ring (bicyclic) bond motifs is 1. The highest BCUT2D eigenvalue weighted by molar-refractivity contribution is 7.71. The number of aromatic amines is 1. The lowest BCUT2D eigenvalue weighted by atomic mass is 10.1. The number of aryl methyl sites for hydroxylation is 1. The van der Waals surface area contributed by atoms with Gasteiger partial charge in [-0.3, -0.25) is 0 Å². The molecule has 4 nitrogen and oxygen atoms in total. The van der Waals surface area contributed by atoms with E-state index in [1.807, 2.05) is 18.2 Å². The fourth-order valence-electron chi connectivity index (χ4n) is 2.80. The molecule has 3 rings (SSSR count). The third-order valence-corrected chi connectivity index (χ3v) is 4.20. The number of nitriles is 1. The van der Waals surface area contributed by atoms with Crippen LogP contribution in [0.25, 0.3) is 11.0 Å². The van der Waals surface area contributed by atoms with Gasteiger partial charge >= 0.3 is 0 Å². The van der Waals surface area contributed by atoms with E-state index in [-0.39, 0.29) is 0 Å². The number of imidazole rings is 1. The Morgan fingerprint density at radius 3 is 3.10 bits per heavy atom. The highest BCUT2D eigenvalue weighted by Crippen LogP contribution is 2.21. The molecular formula is C15H17N3OS. The molecule has 1 atom stereocenters. The summed E-state index contributed by atoms with van der Waals surface area (Å²) in [5.41, 5.74) is 2.48. The lowest BCUT2D eigenvalue weighted by Crippen LogP contribution is -2.20. The van der Waals surface area contributed by atoms with Crippen molar-refractivity contribution in [2.45, 2.75) is 38.3 Å². The van der Waals surface area contributed by atoms with E-state index in [1.54, 1.807) is 0 Å². The SMILES string of the molecule is N#Cc1cccc2c1[nH]c(=S)n2CCC1CCCCO1. The third kappa shape index (κ3) is 2.49. The summed E-state index contributed by atoms with van der Waals surface area (Å²) in [4.78, 5) is 3.15. The summed E-state index contributed by atoms with van der Waals surface area (Å²) in [7, 11) is 0. The topological polar surface area (TPSA) is 53.7 Å². The zero-order chi connectivity index (χ0) is 13.9. The zero-order valence-electron chi connectivity index (χ0n) is 11.3. The largest absolute Gasteiger partial charge is 0.378 e. The highest BCUT2D eigenvalue weighted by Gasteiger charge is 2.15. The molecule has 20 heavy (non-hydrogen) atoms. The van der Waals surface area contributed by atoms with E-state index < -0.39 is 0 Å². The van der Waals surface area contributed by atoms with Crippen molar-refractivity contribution in [3.63, 3.8) is 0 Å². The van der Waals surface area contributed by atoms with Gasteiger partial charge in [0, 0.05) is 13.2 Å². The van der Waals surface area contributed by atoms with E-state index in [0.717, 1.165) is 37.0 Å². The summed E-state index contributed by atoms with van der Waals surface area (Å²) in [6.45, 7) is 1.71. The van der Waals surface area contributed by atoms with Crippen molar-refractivity contribution in [3.05, 3.63) is 28.5 Å². The number of H-pyrrole nitrogens is 1. The van der Waals surface area contributed by atoms with Gasteiger partial charge in [0.15, 0.2) is 4.77 Å². The Labute approximate surface area is 123 Å². The lowest BCUT2D eigenvalue weighted by Gasteiger charge is -2.22. The first kappa shape index (κ1) is 13.3. The van der Waals surface area contributed by atoms with E-state index in [0.29, 0.717) is 16.4 Å². The van der Waals surface area contributed by atoms with Crippen LogP contribution in [0.1, 0.15) is 31.2 Å². The van der Waals surface area contributed by atoms with E-state index in [9.17, 15) is 0 Å². The molecular weight excluding hydrogens is 270 g/mol. The number of ether oxygens (including phenoxy) is 1. The molecule has 0 saturated carbocycles. The number of hydrogen-bond acceptors (Lipinski definition) is 3. The average Bonchev–Trinajstić information content (AvgIpc) is 2.81. The quantitative estimate of drug-likeness (QED) is 0.879. The highest BCUT2D eigenvalue weighted by atomic mass is 32.1. The second-order valence-corrected chi connectivity index (χ2v) is 5.56. The summed E-state index contributed by atoms with van der Waals surface area (Å²) in [6.07, 6.45) is 4.88. The van der Waals surface area contributed by atoms with Gasteiger partial charge in [0.05, 0.1) is 22.7 Å². The molecule has 1 aromatic heterocycles. The number of aromatic nitrogens is 2. The number of para-hydroxylation sites is 1. The molecule has 0 amide bonds. The molecule has 1 aliphatic rings. The van der Waals surface area contributed by atoms with E-state index in [4.69, 9.17) is 22.2 Å². The molecule has 5 heteroatoms. The van der Waals surface area contributed by atoms with Gasteiger partial charge in [0.2, 0.25) is 0 Å². The molecule has 1 aliphatic heterocycles. The lowest BCUT2D eigenvalue weighted by molar-refractivity contribution is 0.00892. The predicted octanol–water partition coefficient (Wildman–Crippen LogP) is 3.53. The van der Waals surface area contributed by atoms with Crippen LogP contribution in [-0.4, -0.2) is 22.3 Å². The number of hydrogen-bond donors (Lipinski definition) is 1. The van der Waals surface area contributed by atoms with Gasteiger partial charge in [-0.1, -0.05) is 6.07 Å². The van der Waals surface area contributed by atoms with Crippen molar-refractivity contribution in [1.29, 1.82) is 5.26 Å². The van der Waals surface area contributed by atoms with Crippen molar-refractivity contribution < 1.29 is 4.74 Å². The van der Waals surface area contributed by atoms with Crippen LogP contribution >= 0.6 is 12.2 Å². The van der Waals surface area contributed by atoms with Crippen LogP contribution in [0.4, 0.5) is 0 Å². The summed E-state index contributed by atoms with van der Waals surface area (Å²) >= 11 is 5.38. The molecule has 0 aliphatic carbocycles. The van der Waals surface area contributed by atoms with E-state index >= 15 is 0 Å². The second kappa shape index (κ2) is 5.78. The molecule has 1 fully saturated rings. The average molecular weight is 287 g/mol. The fraction of sp³-hybridized carbons (Fsp3) is 0.467. The summed E-state index contributed by atoms with van der Waals surface area (Å²) in [5.74, 6) is 0. The molecule has 0 bridgehead atoms. The Hall–Kier alpha value is -1.64. The minimum atomic E-state index is 0.342. The number of nitrogens with one attached hydrogen (secondary N) is 1. The van der Waals surface area contributed by atoms with Crippen LogP contribution in [-0.2, 0) is 11.3 Å². The first-order chi connectivity index (χ1) is 9.79. The Balaban J connectivity index is 1.86. The van der Waals surface area contributed by atoms with Gasteiger partial charge in [-0.2, -0.15) is 5.26 Å². The van der Waals surface area contributed by atoms with Gasteiger partial charge in [-0.05, 0) is 50.0 Å². The standard InChI is InChI=1S/C15H17N3OS/c16-10-11-4-3-6-13-14(11)17-15(20)18(13)8-7-12-5-1-2-9-19-12/h3-4,6,12H,1-2,5,7-9H2,(H,17,20). The first-order valence-corrected chi connectivity index (χ1v) is 7.43. The minimum absolute atomic E-state index is 0.342. The number of benzene rings is 1. The summed E-state index contributed by atoms with van der Waals surface area (Å²) < 4.78 is 8.52. The summed E-state index contributed by atoms with van der Waals surface area (Å²) in [5, 5.41) is 9.14. The van der Waals surface area contributed by atoms with Crippen molar-refractivity contribution in [2.75, 3.05) is 6.61 Å². The van der Waals surface area contributed by atoms with Crippen molar-refractivity contribution in [3.8, 4) is 6.07 Å². The molecule has 0 radical (unpaired) electrons. The van der Waals surface area contributed by atoms with E-state index in [1.165, 1.54) is 12.8 Å². The van der Waals surface area contributed by atoms with E-state index in [2.05, 4.69) is 15.6 Å². The molecule has 0 spiro atoms. The van der Waals surface area contributed by atoms with Crippen molar-refractivity contribution in [1.82, 2.24) is 9.55 Å². The van der Waals surface area contributed by atoms with Crippen molar-refractivity contribution >= 4 is 23.3 Å². The minimum Gasteiger partial charge on any atom is -0.378 e. The van der Waals surface area contributed by atoms with Crippen LogP contribution in [0, 0.1) is 16.1 Å². The van der Waals surface area contributed by atoms with Gasteiger partial charge in [-0.15, -0.1) is 0 Å². The van der Waals surface area contributed by atoms with Crippen LogP contribution in [0.5, 0.6) is 0 Å². The number of rotatable bonds is 3. The van der Waals surface area contributed by atoms with Crippen LogP contribution in [0.2, 0.25) is 0 Å². The monoisotopic (exact) mass is 287 g/mol. The molecule has 1 aromatic carbocycles. The Bertz CT molecular complexity index is 704. The van der Waals surface area contributed by atoms with Crippen LogP contribution in [0.3, 0.4) is 0 Å². The third-order valence-electron chi connectivity index (χ3n) is 3.88. The van der Waals surface area contributed by atoms with Crippen molar-refractivity contribution in [2.24, 2.45) is 0 Å². The molecule has 104 valence electrons. The summed E-state index contributed by atoms with van der Waals surface area (Å²) in [6, 6.07) is 7.91. The maximum absolute atomic E-state index is 9.14. The zero-order valence-corrected chi connectivity index (χ0v) is 12.1. The van der Waals surface area contributed by atoms with Gasteiger partial charge in [0.1, 0.15) is 6.07 Å². The Morgan fingerprint density at radius 1 is 1.45 bits per heavy atom.